The predicted octanol–water partition coefficient (Wildman–Crippen LogP) is 1.11. The summed E-state index contributed by atoms with van der Waals surface area (Å²) in [4.78, 5) is 0. The Bertz CT molecular complexity index is 142. The second-order valence-electron chi connectivity index (χ2n) is 4.60. The lowest BCUT2D eigenvalue weighted by molar-refractivity contribution is 0.0188. The van der Waals surface area contributed by atoms with Crippen LogP contribution < -0.4 is 11.1 Å². The summed E-state index contributed by atoms with van der Waals surface area (Å²) in [6, 6.07) is 0. The molecule has 0 radical (unpaired) electrons. The fourth-order valence-electron chi connectivity index (χ4n) is 2.97. The van der Waals surface area contributed by atoms with Gasteiger partial charge in [-0.1, -0.05) is 0 Å². The third-order valence-electron chi connectivity index (χ3n) is 3.68. The minimum atomic E-state index is 0.755. The highest BCUT2D eigenvalue weighted by atomic mass is 14.9. The summed E-state index contributed by atoms with van der Waals surface area (Å²) in [5, 5.41) is 3.43. The van der Waals surface area contributed by atoms with E-state index in [2.05, 4.69) is 5.32 Å². The standard InChI is InChI=1S/C10H20N2/c11-4-1-9-7-10(8-9)2-5-12-6-3-10/h9,12H,1-8,11H2. The van der Waals surface area contributed by atoms with Crippen LogP contribution in [0.25, 0.3) is 0 Å². The van der Waals surface area contributed by atoms with Crippen LogP contribution in [-0.2, 0) is 0 Å². The van der Waals surface area contributed by atoms with Gasteiger partial charge in [0.1, 0.15) is 0 Å². The maximum absolute atomic E-state index is 5.54. The monoisotopic (exact) mass is 168 g/mol. The molecule has 1 heterocycles. The predicted molar refractivity (Wildman–Crippen MR) is 50.9 cm³/mol. The van der Waals surface area contributed by atoms with Gasteiger partial charge < -0.3 is 11.1 Å². The third kappa shape index (κ3) is 1.50. The SMILES string of the molecule is NCCC1CC2(CCNCC2)C1. The molecule has 12 heavy (non-hydrogen) atoms. The maximum Gasteiger partial charge on any atom is -0.00436 e. The zero-order valence-electron chi connectivity index (χ0n) is 7.81. The van der Waals surface area contributed by atoms with Crippen LogP contribution in [0.15, 0.2) is 0 Å². The van der Waals surface area contributed by atoms with E-state index in [1.54, 1.807) is 0 Å². The molecule has 3 N–H and O–H groups in total. The lowest BCUT2D eigenvalue weighted by atomic mass is 9.57. The molecule has 0 bridgehead atoms. The first-order valence-electron chi connectivity index (χ1n) is 5.25. The summed E-state index contributed by atoms with van der Waals surface area (Å²) in [6.45, 7) is 3.38. The molecule has 2 fully saturated rings. The maximum atomic E-state index is 5.54. The summed E-state index contributed by atoms with van der Waals surface area (Å²) in [7, 11) is 0. The Labute approximate surface area is 74.9 Å². The van der Waals surface area contributed by atoms with Crippen molar-refractivity contribution in [3.63, 3.8) is 0 Å². The third-order valence-corrected chi connectivity index (χ3v) is 3.68. The number of nitrogens with two attached hydrogens (primary N) is 1. The molecule has 1 spiro atoms. The van der Waals surface area contributed by atoms with Crippen molar-refractivity contribution in [3.8, 4) is 0 Å². The van der Waals surface area contributed by atoms with Crippen molar-refractivity contribution < 1.29 is 0 Å². The van der Waals surface area contributed by atoms with E-state index in [-0.39, 0.29) is 0 Å². The van der Waals surface area contributed by atoms with Gasteiger partial charge >= 0.3 is 0 Å². The Hall–Kier alpha value is -0.0800. The largest absolute Gasteiger partial charge is 0.330 e. The van der Waals surface area contributed by atoms with E-state index >= 15 is 0 Å². The average Bonchev–Trinajstić information content (AvgIpc) is 2.04. The zero-order chi connectivity index (χ0) is 8.44. The van der Waals surface area contributed by atoms with Gasteiger partial charge in [0.25, 0.3) is 0 Å². The number of hydrogen-bond acceptors (Lipinski definition) is 2. The zero-order valence-corrected chi connectivity index (χ0v) is 7.81. The van der Waals surface area contributed by atoms with Crippen LogP contribution in [0.5, 0.6) is 0 Å². The molecule has 1 saturated heterocycles. The highest BCUT2D eigenvalue weighted by Crippen LogP contribution is 2.52. The average molecular weight is 168 g/mol. The van der Waals surface area contributed by atoms with Crippen molar-refractivity contribution in [2.45, 2.75) is 32.1 Å². The second-order valence-corrected chi connectivity index (χ2v) is 4.60. The van der Waals surface area contributed by atoms with Gasteiger partial charge in [0.15, 0.2) is 0 Å². The quantitative estimate of drug-likeness (QED) is 0.648. The molecule has 0 aromatic carbocycles. The summed E-state index contributed by atoms with van der Waals surface area (Å²) >= 11 is 0. The van der Waals surface area contributed by atoms with Gasteiger partial charge in [-0.2, -0.15) is 0 Å². The second kappa shape index (κ2) is 3.35. The molecular formula is C10H20N2. The van der Waals surface area contributed by atoms with Gasteiger partial charge in [-0.3, -0.25) is 0 Å². The summed E-state index contributed by atoms with van der Waals surface area (Å²) in [5.41, 5.74) is 6.30. The van der Waals surface area contributed by atoms with Crippen molar-refractivity contribution in [2.24, 2.45) is 17.1 Å². The highest BCUT2D eigenvalue weighted by Gasteiger charge is 2.43. The van der Waals surface area contributed by atoms with E-state index in [9.17, 15) is 0 Å². The number of hydrogen-bond donors (Lipinski definition) is 2. The normalized spacial score (nSPS) is 28.8. The van der Waals surface area contributed by atoms with E-state index < -0.39 is 0 Å². The van der Waals surface area contributed by atoms with Crippen LogP contribution in [0.4, 0.5) is 0 Å². The molecule has 2 aliphatic rings. The fourth-order valence-corrected chi connectivity index (χ4v) is 2.97. The van der Waals surface area contributed by atoms with Crippen LogP contribution >= 0.6 is 0 Å². The molecule has 0 aromatic heterocycles. The number of rotatable bonds is 2. The first-order chi connectivity index (χ1) is 5.85. The Morgan fingerprint density at radius 1 is 1.25 bits per heavy atom. The minimum Gasteiger partial charge on any atom is -0.330 e. The first-order valence-corrected chi connectivity index (χ1v) is 5.25. The van der Waals surface area contributed by atoms with Crippen LogP contribution in [0.1, 0.15) is 32.1 Å². The Morgan fingerprint density at radius 3 is 2.50 bits per heavy atom. The molecule has 2 heteroatoms. The molecule has 1 aliphatic carbocycles. The van der Waals surface area contributed by atoms with E-state index in [0.717, 1.165) is 17.9 Å². The number of nitrogens with one attached hydrogen (secondary N) is 1. The highest BCUT2D eigenvalue weighted by molar-refractivity contribution is 4.96. The van der Waals surface area contributed by atoms with Gasteiger partial charge in [0, 0.05) is 0 Å². The molecule has 1 saturated carbocycles. The first kappa shape index (κ1) is 8.52. The Morgan fingerprint density at radius 2 is 1.92 bits per heavy atom. The van der Waals surface area contributed by atoms with Crippen LogP contribution in [0.3, 0.4) is 0 Å². The smallest absolute Gasteiger partial charge is 0.00436 e. The molecule has 0 atom stereocenters. The molecule has 0 aromatic rings. The van der Waals surface area contributed by atoms with Crippen LogP contribution in [0.2, 0.25) is 0 Å². The van der Waals surface area contributed by atoms with Gasteiger partial charge in [-0.25, -0.2) is 0 Å². The molecule has 0 unspecified atom stereocenters. The molecule has 2 nitrogen and oxygen atoms in total. The summed E-state index contributed by atoms with van der Waals surface area (Å²) in [5.74, 6) is 0.966. The van der Waals surface area contributed by atoms with Crippen molar-refractivity contribution in [2.75, 3.05) is 19.6 Å². The molecule has 2 rings (SSSR count). The summed E-state index contributed by atoms with van der Waals surface area (Å²) in [6.07, 6.45) is 7.01. The molecule has 0 amide bonds. The van der Waals surface area contributed by atoms with Crippen molar-refractivity contribution >= 4 is 0 Å². The minimum absolute atomic E-state index is 0.755. The van der Waals surface area contributed by atoms with Crippen molar-refractivity contribution in [3.05, 3.63) is 0 Å². The van der Waals surface area contributed by atoms with Gasteiger partial charge in [-0.05, 0) is 63.1 Å². The molecule has 1 aliphatic heterocycles. The van der Waals surface area contributed by atoms with Crippen LogP contribution in [-0.4, -0.2) is 19.6 Å². The van der Waals surface area contributed by atoms with E-state index in [1.165, 1.54) is 45.2 Å². The Balaban J connectivity index is 1.77. The van der Waals surface area contributed by atoms with Crippen LogP contribution in [0, 0.1) is 11.3 Å². The van der Waals surface area contributed by atoms with Gasteiger partial charge in [0.2, 0.25) is 0 Å². The van der Waals surface area contributed by atoms with Crippen molar-refractivity contribution in [1.82, 2.24) is 5.32 Å². The van der Waals surface area contributed by atoms with E-state index in [0.29, 0.717) is 0 Å². The van der Waals surface area contributed by atoms with Gasteiger partial charge in [-0.15, -0.1) is 0 Å². The van der Waals surface area contributed by atoms with E-state index in [1.807, 2.05) is 0 Å². The molecular weight excluding hydrogens is 148 g/mol. The Kier molecular flexibility index (Phi) is 2.37. The number of piperidine rings is 1. The van der Waals surface area contributed by atoms with Gasteiger partial charge in [0.05, 0.1) is 0 Å². The molecule has 70 valence electrons. The van der Waals surface area contributed by atoms with Crippen molar-refractivity contribution in [1.29, 1.82) is 0 Å². The van der Waals surface area contributed by atoms with E-state index in [4.69, 9.17) is 5.73 Å². The topological polar surface area (TPSA) is 38.0 Å². The summed E-state index contributed by atoms with van der Waals surface area (Å²) < 4.78 is 0. The fraction of sp³-hybridized carbons (Fsp3) is 1.00. The lowest BCUT2D eigenvalue weighted by Gasteiger charge is -2.50. The lowest BCUT2D eigenvalue weighted by Crippen LogP contribution is -2.45.